The Morgan fingerprint density at radius 1 is 1.69 bits per heavy atom. The number of rotatable bonds is 7. The second-order valence-electron chi connectivity index (χ2n) is 3.16. The zero-order valence-electron chi connectivity index (χ0n) is 9.09. The van der Waals surface area contributed by atoms with Crippen LogP contribution in [0.2, 0.25) is 0 Å². The van der Waals surface area contributed by atoms with E-state index in [1.807, 2.05) is 10.8 Å². The van der Waals surface area contributed by atoms with Crippen LogP contribution in [0, 0.1) is 10.1 Å². The van der Waals surface area contributed by atoms with Crippen LogP contribution in [0.5, 0.6) is 0 Å². The predicted molar refractivity (Wildman–Crippen MR) is 59.0 cm³/mol. The summed E-state index contributed by atoms with van der Waals surface area (Å²) >= 11 is 0. The van der Waals surface area contributed by atoms with Crippen LogP contribution in [0.3, 0.4) is 0 Å². The molecule has 0 spiro atoms. The minimum absolute atomic E-state index is 0.413. The van der Waals surface area contributed by atoms with Gasteiger partial charge in [-0.1, -0.05) is 0 Å². The van der Waals surface area contributed by atoms with Crippen molar-refractivity contribution in [3.8, 4) is 0 Å². The number of hydrogen-bond acceptors (Lipinski definition) is 5. The number of aromatic nitrogens is 2. The quantitative estimate of drug-likeness (QED) is 0.392. The fourth-order valence-electron chi connectivity index (χ4n) is 1.21. The zero-order chi connectivity index (χ0) is 11.8. The van der Waals surface area contributed by atoms with Crippen LogP contribution in [0.25, 0.3) is 0 Å². The van der Waals surface area contributed by atoms with Gasteiger partial charge in [0.1, 0.15) is 0 Å². The number of imidazole rings is 1. The maximum absolute atomic E-state index is 10.2. The SMILES string of the molecule is CN/C(=C/[N+](=O)[O-])NCCCn1ccnc1. The molecule has 0 radical (unpaired) electrons. The van der Waals surface area contributed by atoms with Crippen molar-refractivity contribution in [1.82, 2.24) is 20.2 Å². The van der Waals surface area contributed by atoms with Crippen molar-refractivity contribution in [3.05, 3.63) is 40.9 Å². The van der Waals surface area contributed by atoms with E-state index in [1.165, 1.54) is 0 Å². The molecule has 16 heavy (non-hydrogen) atoms. The number of hydrogen-bond donors (Lipinski definition) is 2. The Hall–Kier alpha value is -2.05. The molecule has 0 aromatic carbocycles. The van der Waals surface area contributed by atoms with Crippen molar-refractivity contribution in [2.75, 3.05) is 13.6 Å². The molecule has 0 aliphatic heterocycles. The number of aryl methyl sites for hydroxylation is 1. The summed E-state index contributed by atoms with van der Waals surface area (Å²) in [7, 11) is 1.64. The molecule has 0 amide bonds. The molecule has 1 rings (SSSR count). The molecule has 0 aliphatic rings. The number of nitrogens with zero attached hydrogens (tertiary/aromatic N) is 3. The van der Waals surface area contributed by atoms with Gasteiger partial charge in [0.2, 0.25) is 0 Å². The standard InChI is InChI=1S/C9H15N5O2/c1-10-9(7-14(15)16)12-3-2-5-13-6-4-11-8-13/h4,6-8,10,12H,2-3,5H2,1H3/b9-7-. The molecule has 1 heterocycles. The van der Waals surface area contributed by atoms with Gasteiger partial charge in [-0.15, -0.1) is 0 Å². The Morgan fingerprint density at radius 2 is 2.50 bits per heavy atom. The van der Waals surface area contributed by atoms with Gasteiger partial charge in [-0.3, -0.25) is 10.1 Å². The molecular weight excluding hydrogens is 210 g/mol. The molecule has 1 aromatic heterocycles. The van der Waals surface area contributed by atoms with E-state index in [9.17, 15) is 10.1 Å². The Bertz CT molecular complexity index is 347. The maximum atomic E-state index is 10.2. The van der Waals surface area contributed by atoms with Crippen LogP contribution in [0.15, 0.2) is 30.7 Å². The summed E-state index contributed by atoms with van der Waals surface area (Å²) in [5.74, 6) is 0.413. The number of nitro groups is 1. The van der Waals surface area contributed by atoms with E-state index in [2.05, 4.69) is 15.6 Å². The molecule has 0 atom stereocenters. The smallest absolute Gasteiger partial charge is 0.274 e. The van der Waals surface area contributed by atoms with Crippen LogP contribution in [0.4, 0.5) is 0 Å². The molecule has 0 saturated heterocycles. The van der Waals surface area contributed by atoms with Crippen LogP contribution < -0.4 is 10.6 Å². The lowest BCUT2D eigenvalue weighted by Crippen LogP contribution is -2.25. The highest BCUT2D eigenvalue weighted by Gasteiger charge is 1.98. The normalized spacial score (nSPS) is 11.2. The predicted octanol–water partition coefficient (Wildman–Crippen LogP) is 0.158. The molecule has 1 aromatic rings. The van der Waals surface area contributed by atoms with Crippen molar-refractivity contribution in [1.29, 1.82) is 0 Å². The summed E-state index contributed by atoms with van der Waals surface area (Å²) in [6.07, 6.45) is 7.13. The van der Waals surface area contributed by atoms with Crippen LogP contribution in [0.1, 0.15) is 6.42 Å². The largest absolute Gasteiger partial charge is 0.370 e. The van der Waals surface area contributed by atoms with Gasteiger partial charge in [-0.25, -0.2) is 4.98 Å². The third-order valence-corrected chi connectivity index (χ3v) is 1.97. The first-order chi connectivity index (χ1) is 7.72. The van der Waals surface area contributed by atoms with E-state index in [-0.39, 0.29) is 0 Å². The van der Waals surface area contributed by atoms with Gasteiger partial charge in [-0.05, 0) is 6.42 Å². The van der Waals surface area contributed by atoms with Crippen molar-refractivity contribution in [2.45, 2.75) is 13.0 Å². The first-order valence-electron chi connectivity index (χ1n) is 4.95. The summed E-state index contributed by atoms with van der Waals surface area (Å²) in [6, 6.07) is 0. The molecular formula is C9H15N5O2. The lowest BCUT2D eigenvalue weighted by Gasteiger charge is -2.07. The monoisotopic (exact) mass is 225 g/mol. The van der Waals surface area contributed by atoms with E-state index in [0.717, 1.165) is 19.2 Å². The third kappa shape index (κ3) is 4.45. The van der Waals surface area contributed by atoms with E-state index in [0.29, 0.717) is 12.4 Å². The first kappa shape index (κ1) is 12.0. The summed E-state index contributed by atoms with van der Waals surface area (Å²) < 4.78 is 1.96. The Morgan fingerprint density at radius 3 is 3.06 bits per heavy atom. The van der Waals surface area contributed by atoms with Gasteiger partial charge in [0.15, 0.2) is 5.82 Å². The van der Waals surface area contributed by atoms with Crippen LogP contribution in [-0.2, 0) is 6.54 Å². The average molecular weight is 225 g/mol. The van der Waals surface area contributed by atoms with Crippen molar-refractivity contribution >= 4 is 0 Å². The maximum Gasteiger partial charge on any atom is 0.274 e. The summed E-state index contributed by atoms with van der Waals surface area (Å²) in [5, 5.41) is 15.9. The Labute approximate surface area is 93.3 Å². The first-order valence-corrected chi connectivity index (χ1v) is 4.95. The third-order valence-electron chi connectivity index (χ3n) is 1.97. The second kappa shape index (κ2) is 6.44. The van der Waals surface area contributed by atoms with E-state index >= 15 is 0 Å². The van der Waals surface area contributed by atoms with Gasteiger partial charge in [0.05, 0.1) is 11.3 Å². The highest BCUT2D eigenvalue weighted by molar-refractivity contribution is 4.90. The van der Waals surface area contributed by atoms with E-state index in [4.69, 9.17) is 0 Å². The fraction of sp³-hybridized carbons (Fsp3) is 0.444. The van der Waals surface area contributed by atoms with Gasteiger partial charge in [-0.2, -0.15) is 0 Å². The Kier molecular flexibility index (Phi) is 4.84. The van der Waals surface area contributed by atoms with Crippen molar-refractivity contribution in [2.24, 2.45) is 0 Å². The molecule has 0 fully saturated rings. The highest BCUT2D eigenvalue weighted by Crippen LogP contribution is 1.90. The summed E-state index contributed by atoms with van der Waals surface area (Å²) in [4.78, 5) is 13.7. The topological polar surface area (TPSA) is 85.0 Å². The lowest BCUT2D eigenvalue weighted by atomic mass is 10.4. The molecule has 0 bridgehead atoms. The molecule has 7 heteroatoms. The van der Waals surface area contributed by atoms with E-state index in [1.54, 1.807) is 19.6 Å². The fourth-order valence-corrected chi connectivity index (χ4v) is 1.21. The Balaban J connectivity index is 2.21. The molecule has 2 N–H and O–H groups in total. The van der Waals surface area contributed by atoms with Crippen LogP contribution >= 0.6 is 0 Å². The molecule has 88 valence electrons. The van der Waals surface area contributed by atoms with Crippen molar-refractivity contribution < 1.29 is 4.92 Å². The number of nitrogens with one attached hydrogen (secondary N) is 2. The highest BCUT2D eigenvalue weighted by atomic mass is 16.6. The molecule has 7 nitrogen and oxygen atoms in total. The second-order valence-corrected chi connectivity index (χ2v) is 3.16. The molecule has 0 saturated carbocycles. The minimum Gasteiger partial charge on any atom is -0.370 e. The van der Waals surface area contributed by atoms with Gasteiger partial charge in [0, 0.05) is 32.5 Å². The minimum atomic E-state index is -0.491. The van der Waals surface area contributed by atoms with Crippen LogP contribution in [-0.4, -0.2) is 28.1 Å². The molecule has 0 aliphatic carbocycles. The summed E-state index contributed by atoms with van der Waals surface area (Å²) in [6.45, 7) is 1.50. The van der Waals surface area contributed by atoms with Gasteiger partial charge in [0.25, 0.3) is 6.20 Å². The van der Waals surface area contributed by atoms with E-state index < -0.39 is 4.92 Å². The van der Waals surface area contributed by atoms with Gasteiger partial charge >= 0.3 is 0 Å². The lowest BCUT2D eigenvalue weighted by molar-refractivity contribution is -0.404. The molecule has 0 unspecified atom stereocenters. The zero-order valence-corrected chi connectivity index (χ0v) is 9.09. The van der Waals surface area contributed by atoms with Gasteiger partial charge < -0.3 is 15.2 Å². The van der Waals surface area contributed by atoms with Crippen molar-refractivity contribution in [3.63, 3.8) is 0 Å². The summed E-state index contributed by atoms with van der Waals surface area (Å²) in [5.41, 5.74) is 0. The average Bonchev–Trinajstić information content (AvgIpc) is 2.74.